The third kappa shape index (κ3) is 2.46. The van der Waals surface area contributed by atoms with Crippen LogP contribution in [0.15, 0.2) is 12.3 Å². The van der Waals surface area contributed by atoms with Crippen molar-refractivity contribution >= 4 is 17.6 Å². The van der Waals surface area contributed by atoms with Gasteiger partial charge in [0.2, 0.25) is 0 Å². The number of carbonyl (C=O) groups is 1. The summed E-state index contributed by atoms with van der Waals surface area (Å²) in [5.41, 5.74) is 0.260. The summed E-state index contributed by atoms with van der Waals surface area (Å²) in [6.07, 6.45) is 1.29. The van der Waals surface area contributed by atoms with Crippen molar-refractivity contribution in [2.75, 3.05) is 6.61 Å². The topological polar surface area (TPSA) is 70.4 Å². The highest BCUT2D eigenvalue weighted by atomic mass is 35.5. The van der Waals surface area contributed by atoms with Crippen LogP contribution in [0.25, 0.3) is 0 Å². The normalized spacial score (nSPS) is 9.00. The van der Waals surface area contributed by atoms with Gasteiger partial charge in [-0.2, -0.15) is 0 Å². The fraction of sp³-hybridized carbons (Fsp3) is 0.111. The molecule has 0 unspecified atom stereocenters. The molecule has 0 aromatic carbocycles. The van der Waals surface area contributed by atoms with Crippen molar-refractivity contribution < 1.29 is 15.0 Å². The van der Waals surface area contributed by atoms with E-state index in [1.807, 2.05) is 0 Å². The first-order valence-electron chi connectivity index (χ1n) is 3.63. The molecule has 0 fully saturated rings. The maximum atomic E-state index is 10.5. The molecule has 0 aliphatic heterocycles. The molecule has 0 radical (unpaired) electrons. The molecule has 1 rings (SSSR count). The van der Waals surface area contributed by atoms with E-state index in [9.17, 15) is 4.79 Å². The quantitative estimate of drug-likeness (QED) is 0.674. The SMILES string of the molecule is O=C(O)c1ncc(C#CCO)cc1Cl. The van der Waals surface area contributed by atoms with E-state index in [-0.39, 0.29) is 17.3 Å². The smallest absolute Gasteiger partial charge is 0.356 e. The van der Waals surface area contributed by atoms with Gasteiger partial charge in [0.05, 0.1) is 5.02 Å². The molecule has 0 atom stereocenters. The van der Waals surface area contributed by atoms with Crippen LogP contribution in [-0.2, 0) is 0 Å². The predicted molar refractivity (Wildman–Crippen MR) is 50.2 cm³/mol. The zero-order chi connectivity index (χ0) is 10.6. The first-order chi connectivity index (χ1) is 6.65. The van der Waals surface area contributed by atoms with Gasteiger partial charge in [-0.05, 0) is 6.07 Å². The van der Waals surface area contributed by atoms with Crippen LogP contribution >= 0.6 is 11.6 Å². The van der Waals surface area contributed by atoms with E-state index in [4.69, 9.17) is 21.8 Å². The van der Waals surface area contributed by atoms with E-state index in [1.54, 1.807) is 0 Å². The Balaban J connectivity index is 3.06. The summed E-state index contributed by atoms with van der Waals surface area (Å²) in [6, 6.07) is 1.39. The van der Waals surface area contributed by atoms with E-state index in [2.05, 4.69) is 16.8 Å². The second-order valence-electron chi connectivity index (χ2n) is 2.32. The number of hydrogen-bond acceptors (Lipinski definition) is 3. The van der Waals surface area contributed by atoms with Gasteiger partial charge < -0.3 is 10.2 Å². The molecular weight excluding hydrogens is 206 g/mol. The monoisotopic (exact) mass is 211 g/mol. The average molecular weight is 212 g/mol. The van der Waals surface area contributed by atoms with Crippen LogP contribution in [0.2, 0.25) is 5.02 Å². The number of nitrogens with zero attached hydrogens (tertiary/aromatic N) is 1. The average Bonchev–Trinajstić information content (AvgIpc) is 2.14. The molecule has 72 valence electrons. The highest BCUT2D eigenvalue weighted by Crippen LogP contribution is 2.14. The van der Waals surface area contributed by atoms with E-state index in [0.717, 1.165) is 0 Å². The largest absolute Gasteiger partial charge is 0.476 e. The van der Waals surface area contributed by atoms with Crippen molar-refractivity contribution in [2.24, 2.45) is 0 Å². The molecule has 2 N–H and O–H groups in total. The summed E-state index contributed by atoms with van der Waals surface area (Å²) in [5, 5.41) is 17.1. The van der Waals surface area contributed by atoms with Crippen molar-refractivity contribution in [3.8, 4) is 11.8 Å². The molecule has 0 saturated carbocycles. The number of carboxylic acid groups (broad SMARTS) is 1. The van der Waals surface area contributed by atoms with Gasteiger partial charge in [-0.1, -0.05) is 23.4 Å². The van der Waals surface area contributed by atoms with E-state index in [0.29, 0.717) is 5.56 Å². The van der Waals surface area contributed by atoms with Gasteiger partial charge >= 0.3 is 5.97 Å². The van der Waals surface area contributed by atoms with Gasteiger partial charge in [-0.15, -0.1) is 0 Å². The van der Waals surface area contributed by atoms with Gasteiger partial charge in [-0.3, -0.25) is 0 Å². The van der Waals surface area contributed by atoms with Crippen molar-refractivity contribution in [1.82, 2.24) is 4.98 Å². The molecule has 4 nitrogen and oxygen atoms in total. The Bertz CT molecular complexity index is 420. The van der Waals surface area contributed by atoms with Gasteiger partial charge in [0, 0.05) is 11.8 Å². The molecule has 5 heteroatoms. The maximum absolute atomic E-state index is 10.5. The third-order valence-electron chi connectivity index (χ3n) is 1.36. The molecule has 0 amide bonds. The van der Waals surface area contributed by atoms with Crippen molar-refractivity contribution in [2.45, 2.75) is 0 Å². The molecular formula is C9H6ClNO3. The lowest BCUT2D eigenvalue weighted by Gasteiger charge is -1.97. The molecule has 1 aromatic heterocycles. The minimum atomic E-state index is -1.18. The number of aromatic carboxylic acids is 1. The van der Waals surface area contributed by atoms with E-state index >= 15 is 0 Å². The standard InChI is InChI=1S/C9H6ClNO3/c10-7-4-6(2-1-3-12)5-11-8(7)9(13)14/h4-5,12H,3H2,(H,13,14). The summed E-state index contributed by atoms with van der Waals surface area (Å²) in [4.78, 5) is 14.1. The fourth-order valence-corrected chi connectivity index (χ4v) is 1.05. The number of carboxylic acids is 1. The van der Waals surface area contributed by atoms with E-state index < -0.39 is 5.97 Å². The Hall–Kier alpha value is -1.57. The third-order valence-corrected chi connectivity index (χ3v) is 1.64. The highest BCUT2D eigenvalue weighted by Gasteiger charge is 2.09. The lowest BCUT2D eigenvalue weighted by atomic mass is 10.2. The van der Waals surface area contributed by atoms with Crippen LogP contribution < -0.4 is 0 Å². The number of pyridine rings is 1. The summed E-state index contributed by atoms with van der Waals surface area (Å²) in [7, 11) is 0. The van der Waals surface area contributed by atoms with Crippen molar-refractivity contribution in [3.05, 3.63) is 28.5 Å². The molecule has 0 aliphatic rings. The Morgan fingerprint density at radius 1 is 1.64 bits per heavy atom. The maximum Gasteiger partial charge on any atom is 0.356 e. The lowest BCUT2D eigenvalue weighted by molar-refractivity contribution is 0.0690. The van der Waals surface area contributed by atoms with Gasteiger partial charge in [0.15, 0.2) is 5.69 Å². The fourth-order valence-electron chi connectivity index (χ4n) is 0.805. The molecule has 0 bridgehead atoms. The number of aromatic nitrogens is 1. The highest BCUT2D eigenvalue weighted by molar-refractivity contribution is 6.33. The van der Waals surface area contributed by atoms with Crippen LogP contribution in [0.3, 0.4) is 0 Å². The van der Waals surface area contributed by atoms with Gasteiger partial charge in [0.25, 0.3) is 0 Å². The number of aliphatic hydroxyl groups excluding tert-OH is 1. The molecule has 1 aromatic rings. The van der Waals surface area contributed by atoms with Gasteiger partial charge in [0.1, 0.15) is 6.61 Å². The molecule has 14 heavy (non-hydrogen) atoms. The number of halogens is 1. The molecule has 0 saturated heterocycles. The Morgan fingerprint density at radius 2 is 2.36 bits per heavy atom. The van der Waals surface area contributed by atoms with Crippen LogP contribution in [0.1, 0.15) is 16.1 Å². The zero-order valence-electron chi connectivity index (χ0n) is 6.99. The van der Waals surface area contributed by atoms with Crippen LogP contribution in [0.4, 0.5) is 0 Å². The number of aliphatic hydroxyl groups is 1. The summed E-state index contributed by atoms with van der Waals surface area (Å²) >= 11 is 5.63. The first-order valence-corrected chi connectivity index (χ1v) is 4.01. The van der Waals surface area contributed by atoms with Crippen molar-refractivity contribution in [3.63, 3.8) is 0 Å². The predicted octanol–water partition coefficient (Wildman–Crippen LogP) is 0.777. The Kier molecular flexibility index (Phi) is 3.46. The second-order valence-corrected chi connectivity index (χ2v) is 2.73. The van der Waals surface area contributed by atoms with Crippen LogP contribution in [-0.4, -0.2) is 27.8 Å². The molecule has 0 aliphatic carbocycles. The minimum Gasteiger partial charge on any atom is -0.476 e. The first kappa shape index (κ1) is 10.5. The Labute approximate surface area is 85.2 Å². The summed E-state index contributed by atoms with van der Waals surface area (Å²) < 4.78 is 0. The van der Waals surface area contributed by atoms with Crippen LogP contribution in [0.5, 0.6) is 0 Å². The Morgan fingerprint density at radius 3 is 2.86 bits per heavy atom. The minimum absolute atomic E-state index is 0.0299. The van der Waals surface area contributed by atoms with Crippen LogP contribution in [0, 0.1) is 11.8 Å². The zero-order valence-corrected chi connectivity index (χ0v) is 7.75. The van der Waals surface area contributed by atoms with Gasteiger partial charge in [-0.25, -0.2) is 9.78 Å². The molecule has 0 spiro atoms. The number of rotatable bonds is 1. The van der Waals surface area contributed by atoms with E-state index in [1.165, 1.54) is 12.3 Å². The number of hydrogen-bond donors (Lipinski definition) is 2. The lowest BCUT2D eigenvalue weighted by Crippen LogP contribution is -2.01. The van der Waals surface area contributed by atoms with Crippen molar-refractivity contribution in [1.29, 1.82) is 0 Å². The summed E-state index contributed by atoms with van der Waals surface area (Å²) in [5.74, 6) is 3.78. The summed E-state index contributed by atoms with van der Waals surface area (Å²) in [6.45, 7) is -0.266. The second kappa shape index (κ2) is 4.61. The molecule has 1 heterocycles.